The van der Waals surface area contributed by atoms with Crippen molar-refractivity contribution in [3.63, 3.8) is 0 Å². The third-order valence-electron chi connectivity index (χ3n) is 19.5. The molecule has 464 valence electrons. The minimum Gasteiger partial charge on any atom is -0.456 e. The first-order valence-corrected chi connectivity index (χ1v) is 33.4. The molecule has 0 saturated heterocycles. The van der Waals surface area contributed by atoms with Gasteiger partial charge in [0.25, 0.3) is 0 Å². The molecule has 0 amide bonds. The lowest BCUT2D eigenvalue weighted by atomic mass is 10.0. The number of nitrogens with one attached hydrogen (secondary N) is 1. The monoisotopic (exact) mass is 1290 g/mol. The van der Waals surface area contributed by atoms with Crippen LogP contribution in [0.25, 0.3) is 171 Å². The number of aromatic amines is 1. The molecule has 6 aromatic heterocycles. The molecule has 22 rings (SSSR count). The van der Waals surface area contributed by atoms with Crippen molar-refractivity contribution in [3.05, 3.63) is 321 Å². The van der Waals surface area contributed by atoms with Crippen molar-refractivity contribution in [2.75, 3.05) is 0 Å². The Kier molecular flexibility index (Phi) is 12.8. The molecule has 2 aliphatic heterocycles. The number of halogens is 1. The second kappa shape index (κ2) is 22.5. The molecule has 0 spiro atoms. The zero-order valence-electron chi connectivity index (χ0n) is 52.8. The molecular formula is C88H53ClN8O2. The van der Waals surface area contributed by atoms with Crippen molar-refractivity contribution in [1.82, 2.24) is 38.6 Å². The SMILES string of the molecule is Clc1nc2c3c(cccc3n1)Oc1ccccc1-2.c1ccc(-c2ccc(-n3c4ccccc4c4ccc5[nH]c6ccccc6c5c43)cc2)cc1.c1ccc(-c2ccc(-n3c4ccccc4c4ccc5c(c6ccccc6n5-c5nc6c7c(cccc7n5)Oc5ccccc5-6)c43)cc2)cc1. The van der Waals surface area contributed by atoms with Gasteiger partial charge in [-0.2, -0.15) is 0 Å². The van der Waals surface area contributed by atoms with Gasteiger partial charge in [0.1, 0.15) is 23.0 Å². The van der Waals surface area contributed by atoms with E-state index >= 15 is 0 Å². The number of H-pyrrole nitrogens is 1. The predicted octanol–water partition coefficient (Wildman–Crippen LogP) is 23.4. The molecule has 0 saturated carbocycles. The zero-order chi connectivity index (χ0) is 65.2. The van der Waals surface area contributed by atoms with E-state index in [1.807, 2.05) is 78.9 Å². The molecule has 10 nitrogen and oxygen atoms in total. The fourth-order valence-corrected chi connectivity index (χ4v) is 15.4. The Bertz CT molecular complexity index is 6670. The highest BCUT2D eigenvalue weighted by Crippen LogP contribution is 2.49. The third kappa shape index (κ3) is 8.97. The summed E-state index contributed by atoms with van der Waals surface area (Å²) in [6.45, 7) is 0. The van der Waals surface area contributed by atoms with Crippen LogP contribution < -0.4 is 9.47 Å². The molecule has 11 heteroatoms. The standard InChI is InChI=1S/C44H26N4O.C30H20N2.C14H7ClN2O/c1-2-11-27(12-3-1)28-21-23-29(24-22-28)47-35-17-7-4-13-30(35)31-25-26-37-40(43(31)47)32-14-5-8-18-36(32)48(37)44-45-34-16-10-20-39-41(34)42(46-44)33-15-6-9-19-38(33)49-39;1-2-8-20(9-3-1)21-14-16-22(17-15-21)32-28-13-7-5-10-23(28)24-18-19-27-29(30(24)32)25-11-4-6-12-26(25)31-27;15-14-16-9-5-3-7-11-12(9)13(17-14)8-4-1-2-6-10(8)18-11/h1-26H;1-19,31H;1-7H. The van der Waals surface area contributed by atoms with Crippen molar-refractivity contribution in [3.8, 4) is 85.1 Å². The van der Waals surface area contributed by atoms with Gasteiger partial charge in [0.15, 0.2) is 0 Å². The van der Waals surface area contributed by atoms with Gasteiger partial charge in [-0.25, -0.2) is 19.9 Å². The summed E-state index contributed by atoms with van der Waals surface area (Å²) in [5.41, 5.74) is 21.7. The number of hydrogen-bond donors (Lipinski definition) is 1. The number of hydrogen-bond acceptors (Lipinski definition) is 6. The van der Waals surface area contributed by atoms with Crippen LogP contribution in [-0.2, 0) is 0 Å². The fraction of sp³-hybridized carbons (Fsp3) is 0. The second-order valence-corrected chi connectivity index (χ2v) is 25.3. The highest BCUT2D eigenvalue weighted by molar-refractivity contribution is 6.29. The van der Waals surface area contributed by atoms with Gasteiger partial charge in [-0.05, 0) is 143 Å². The summed E-state index contributed by atoms with van der Waals surface area (Å²) in [6.07, 6.45) is 0. The van der Waals surface area contributed by atoms with Gasteiger partial charge in [0.2, 0.25) is 11.2 Å². The average molecular weight is 1290 g/mol. The van der Waals surface area contributed by atoms with E-state index in [2.05, 4.69) is 265 Å². The molecule has 2 aliphatic rings. The summed E-state index contributed by atoms with van der Waals surface area (Å²) in [6, 6.07) is 110. The highest BCUT2D eigenvalue weighted by atomic mass is 35.5. The molecule has 14 aromatic carbocycles. The summed E-state index contributed by atoms with van der Waals surface area (Å²) in [5, 5.41) is 12.0. The summed E-state index contributed by atoms with van der Waals surface area (Å²) < 4.78 is 19.2. The average Bonchev–Trinajstić information content (AvgIpc) is 1.57. The lowest BCUT2D eigenvalue weighted by Crippen LogP contribution is -2.06. The molecule has 0 aliphatic carbocycles. The maximum atomic E-state index is 6.30. The van der Waals surface area contributed by atoms with Crippen LogP contribution in [0, 0.1) is 0 Å². The number of ether oxygens (including phenoxy) is 2. The normalized spacial score (nSPS) is 12.1. The Morgan fingerprint density at radius 1 is 0.273 bits per heavy atom. The van der Waals surface area contributed by atoms with Crippen molar-refractivity contribution in [2.45, 2.75) is 0 Å². The smallest absolute Gasteiger partial charge is 0.235 e. The molecule has 0 radical (unpaired) electrons. The third-order valence-corrected chi connectivity index (χ3v) is 19.7. The topological polar surface area (TPSA) is 101 Å². The predicted molar refractivity (Wildman–Crippen MR) is 405 cm³/mol. The van der Waals surface area contributed by atoms with Gasteiger partial charge in [-0.1, -0.05) is 206 Å². The Morgan fingerprint density at radius 2 is 0.717 bits per heavy atom. The summed E-state index contributed by atoms with van der Waals surface area (Å²) >= 11 is 5.98. The van der Waals surface area contributed by atoms with E-state index in [1.54, 1.807) is 0 Å². The second-order valence-electron chi connectivity index (χ2n) is 25.0. The van der Waals surface area contributed by atoms with Crippen LogP contribution in [0.1, 0.15) is 0 Å². The minimum atomic E-state index is 0.256. The lowest BCUT2D eigenvalue weighted by Gasteiger charge is -2.20. The Balaban J connectivity index is 0.000000113. The Labute approximate surface area is 571 Å². The number of nitrogens with zero attached hydrogens (tertiary/aromatic N) is 7. The molecule has 0 atom stereocenters. The molecular weight excluding hydrogens is 1240 g/mol. The first-order valence-electron chi connectivity index (χ1n) is 33.0. The quantitative estimate of drug-likeness (QED) is 0.172. The molecule has 8 heterocycles. The summed E-state index contributed by atoms with van der Waals surface area (Å²) in [7, 11) is 0. The number of benzene rings is 14. The van der Waals surface area contributed by atoms with Crippen LogP contribution in [0.15, 0.2) is 315 Å². The van der Waals surface area contributed by atoms with E-state index in [0.717, 1.165) is 89.4 Å². The van der Waals surface area contributed by atoms with Gasteiger partial charge in [-0.3, -0.25) is 4.57 Å². The lowest BCUT2D eigenvalue weighted by molar-refractivity contribution is 0.486. The van der Waals surface area contributed by atoms with Gasteiger partial charge in [0.05, 0.1) is 66.3 Å². The maximum absolute atomic E-state index is 6.30. The number of para-hydroxylation sites is 6. The largest absolute Gasteiger partial charge is 0.456 e. The van der Waals surface area contributed by atoms with E-state index in [-0.39, 0.29) is 5.28 Å². The number of fused-ring (bicyclic) bond motifs is 18. The van der Waals surface area contributed by atoms with E-state index < -0.39 is 0 Å². The van der Waals surface area contributed by atoms with Crippen LogP contribution in [0.4, 0.5) is 0 Å². The summed E-state index contributed by atoms with van der Waals surface area (Å²) in [5.74, 6) is 3.80. The first kappa shape index (κ1) is 56.2. The van der Waals surface area contributed by atoms with Gasteiger partial charge < -0.3 is 23.6 Å². The molecule has 20 aromatic rings. The van der Waals surface area contributed by atoms with E-state index in [1.165, 1.54) is 98.7 Å². The van der Waals surface area contributed by atoms with Gasteiger partial charge in [0, 0.05) is 76.6 Å². The van der Waals surface area contributed by atoms with Crippen LogP contribution in [0.5, 0.6) is 23.0 Å². The Hall–Kier alpha value is -13.2. The van der Waals surface area contributed by atoms with E-state index in [0.29, 0.717) is 5.95 Å². The van der Waals surface area contributed by atoms with Gasteiger partial charge in [-0.15, -0.1) is 0 Å². The van der Waals surface area contributed by atoms with Crippen LogP contribution in [-0.4, -0.2) is 38.6 Å². The Morgan fingerprint density at radius 3 is 1.30 bits per heavy atom. The van der Waals surface area contributed by atoms with Crippen molar-refractivity contribution < 1.29 is 9.47 Å². The van der Waals surface area contributed by atoms with Crippen LogP contribution >= 0.6 is 11.6 Å². The molecule has 0 fully saturated rings. The fourth-order valence-electron chi connectivity index (χ4n) is 15.2. The van der Waals surface area contributed by atoms with Crippen molar-refractivity contribution >= 4 is 121 Å². The molecule has 0 bridgehead atoms. The number of rotatable bonds is 5. The first-order chi connectivity index (χ1) is 49.0. The zero-order valence-corrected chi connectivity index (χ0v) is 53.6. The summed E-state index contributed by atoms with van der Waals surface area (Å²) in [4.78, 5) is 22.7. The molecule has 0 unspecified atom stereocenters. The molecule has 99 heavy (non-hydrogen) atoms. The van der Waals surface area contributed by atoms with E-state index in [9.17, 15) is 0 Å². The van der Waals surface area contributed by atoms with Gasteiger partial charge >= 0.3 is 0 Å². The van der Waals surface area contributed by atoms with Crippen molar-refractivity contribution in [2.24, 2.45) is 0 Å². The number of aromatic nitrogens is 8. The maximum Gasteiger partial charge on any atom is 0.235 e. The molecule has 1 N–H and O–H groups in total. The van der Waals surface area contributed by atoms with Crippen LogP contribution in [0.2, 0.25) is 5.28 Å². The van der Waals surface area contributed by atoms with E-state index in [4.69, 9.17) is 31.0 Å². The van der Waals surface area contributed by atoms with Crippen molar-refractivity contribution in [1.29, 1.82) is 0 Å². The van der Waals surface area contributed by atoms with Crippen LogP contribution in [0.3, 0.4) is 0 Å². The highest BCUT2D eigenvalue weighted by Gasteiger charge is 2.28. The minimum absolute atomic E-state index is 0.256.